The topological polar surface area (TPSA) is 45.5 Å². The van der Waals surface area contributed by atoms with Crippen LogP contribution in [0.15, 0.2) is 78.9 Å². The van der Waals surface area contributed by atoms with Crippen molar-refractivity contribution in [2.45, 2.75) is 32.9 Å². The Morgan fingerprint density at radius 2 is 1.85 bits per heavy atom. The minimum atomic E-state index is -0.329. The highest BCUT2D eigenvalue weighted by Gasteiger charge is 2.25. The lowest BCUT2D eigenvalue weighted by Gasteiger charge is -2.21. The Bertz CT molecular complexity index is 1310. The lowest BCUT2D eigenvalue weighted by Crippen LogP contribution is -2.23. The lowest BCUT2D eigenvalue weighted by atomic mass is 10.1. The maximum atomic E-state index is 6.63. The van der Waals surface area contributed by atoms with Crippen molar-refractivity contribution in [1.82, 2.24) is 9.55 Å². The first-order valence-corrected chi connectivity index (χ1v) is 11.3. The summed E-state index contributed by atoms with van der Waals surface area (Å²) in [7, 11) is 0. The molecule has 0 saturated heterocycles. The molecule has 0 spiro atoms. The second-order valence-electron chi connectivity index (χ2n) is 8.14. The molecular formula is C27H25ClN2O3. The summed E-state index contributed by atoms with van der Waals surface area (Å²) in [6, 6.07) is 20.1. The average Bonchev–Trinajstić information content (AvgIpc) is 3.45. The first-order chi connectivity index (χ1) is 16.1. The van der Waals surface area contributed by atoms with E-state index in [-0.39, 0.29) is 12.9 Å². The van der Waals surface area contributed by atoms with Gasteiger partial charge in [-0.05, 0) is 36.6 Å². The molecule has 1 aliphatic rings. The molecule has 0 N–H and O–H groups in total. The van der Waals surface area contributed by atoms with Gasteiger partial charge in [0.1, 0.15) is 17.5 Å². The van der Waals surface area contributed by atoms with E-state index in [9.17, 15) is 0 Å². The van der Waals surface area contributed by atoms with Gasteiger partial charge in [-0.1, -0.05) is 60.1 Å². The Balaban J connectivity index is 1.57. The number of hydrogen-bond donors (Lipinski definition) is 0. The monoisotopic (exact) mass is 460 g/mol. The number of pyridine rings is 1. The van der Waals surface area contributed by atoms with Crippen LogP contribution in [-0.4, -0.2) is 22.4 Å². The minimum Gasteiger partial charge on any atom is -0.480 e. The van der Waals surface area contributed by atoms with Crippen molar-refractivity contribution >= 4 is 22.6 Å². The van der Waals surface area contributed by atoms with E-state index >= 15 is 0 Å². The van der Waals surface area contributed by atoms with Crippen molar-refractivity contribution in [3.63, 3.8) is 0 Å². The Kier molecular flexibility index (Phi) is 5.97. The third kappa shape index (κ3) is 4.29. The fraction of sp³-hybridized carbons (Fsp3) is 0.222. The molecule has 0 bridgehead atoms. The van der Waals surface area contributed by atoms with Crippen LogP contribution in [-0.2, 0) is 22.4 Å². The molecule has 5 nitrogen and oxygen atoms in total. The van der Waals surface area contributed by atoms with Crippen molar-refractivity contribution in [2.75, 3.05) is 6.79 Å². The highest BCUT2D eigenvalue weighted by atomic mass is 35.5. The van der Waals surface area contributed by atoms with Crippen molar-refractivity contribution in [1.29, 1.82) is 0 Å². The van der Waals surface area contributed by atoms with Crippen LogP contribution in [0.1, 0.15) is 22.4 Å². The number of aryl methyl sites for hydroxylation is 1. The van der Waals surface area contributed by atoms with Crippen LogP contribution in [0.4, 0.5) is 0 Å². The third-order valence-corrected chi connectivity index (χ3v) is 6.46. The fourth-order valence-corrected chi connectivity index (χ4v) is 4.40. The summed E-state index contributed by atoms with van der Waals surface area (Å²) < 4.78 is 19.9. The molecule has 0 amide bonds. The van der Waals surface area contributed by atoms with Gasteiger partial charge in [-0.15, -0.1) is 0 Å². The number of ether oxygens (including phenoxy) is 3. The molecule has 5 rings (SSSR count). The molecule has 33 heavy (non-hydrogen) atoms. The summed E-state index contributed by atoms with van der Waals surface area (Å²) in [6.45, 7) is 5.03. The summed E-state index contributed by atoms with van der Waals surface area (Å²) in [5.41, 5.74) is 6.33. The smallest absolute Gasteiger partial charge is 0.230 e. The summed E-state index contributed by atoms with van der Waals surface area (Å²) in [4.78, 5) is 4.67. The molecule has 0 saturated carbocycles. The van der Waals surface area contributed by atoms with E-state index < -0.39 is 0 Å². The summed E-state index contributed by atoms with van der Waals surface area (Å²) in [5.74, 6) is 1.43. The Morgan fingerprint density at radius 1 is 1.06 bits per heavy atom. The number of rotatable bonds is 7. The van der Waals surface area contributed by atoms with E-state index in [1.165, 1.54) is 0 Å². The van der Waals surface area contributed by atoms with Crippen molar-refractivity contribution in [3.05, 3.63) is 106 Å². The van der Waals surface area contributed by atoms with Crippen molar-refractivity contribution in [3.8, 4) is 5.75 Å². The van der Waals surface area contributed by atoms with Crippen LogP contribution in [0.2, 0.25) is 5.02 Å². The highest BCUT2D eigenvalue weighted by molar-refractivity contribution is 6.31. The molecule has 3 heterocycles. The van der Waals surface area contributed by atoms with Crippen molar-refractivity contribution < 1.29 is 14.2 Å². The van der Waals surface area contributed by atoms with E-state index in [1.807, 2.05) is 48.5 Å². The molecule has 4 aromatic rings. The second-order valence-corrected chi connectivity index (χ2v) is 8.55. The Morgan fingerprint density at radius 3 is 2.61 bits per heavy atom. The van der Waals surface area contributed by atoms with Crippen LogP contribution in [0.5, 0.6) is 5.75 Å². The standard InChI is InChI=1S/C27H25ClN2O3/c1-18-19(2)30(15-21-10-6-7-11-22(21)28)27-23(12-13-29-26(18)27)33-24(25-16-31-17-32-25)14-20-8-4-3-5-9-20/h3-13,16,24H,14-15,17H2,1-2H3. The number of halogens is 1. The molecule has 1 aliphatic heterocycles. The number of nitrogens with zero attached hydrogens (tertiary/aromatic N) is 2. The molecule has 0 radical (unpaired) electrons. The molecule has 2 aromatic carbocycles. The molecule has 1 unspecified atom stereocenters. The van der Waals surface area contributed by atoms with Crippen molar-refractivity contribution in [2.24, 2.45) is 0 Å². The summed E-state index contributed by atoms with van der Waals surface area (Å²) in [5, 5.41) is 0.742. The third-order valence-electron chi connectivity index (χ3n) is 6.09. The number of aromatic nitrogens is 2. The molecule has 0 fully saturated rings. The number of hydrogen-bond acceptors (Lipinski definition) is 4. The van der Waals surface area contributed by atoms with Gasteiger partial charge < -0.3 is 18.8 Å². The Hall–Kier alpha value is -3.44. The van der Waals surface area contributed by atoms with Gasteiger partial charge >= 0.3 is 0 Å². The van der Waals surface area contributed by atoms with Gasteiger partial charge in [0.05, 0.1) is 5.52 Å². The first-order valence-electron chi connectivity index (χ1n) is 10.9. The zero-order chi connectivity index (χ0) is 22.8. The quantitative estimate of drug-likeness (QED) is 0.330. The molecule has 1 atom stereocenters. The molecule has 2 aromatic heterocycles. The van der Waals surface area contributed by atoms with Crippen LogP contribution in [0.3, 0.4) is 0 Å². The van der Waals surface area contributed by atoms with E-state index in [0.717, 1.165) is 44.2 Å². The highest BCUT2D eigenvalue weighted by Crippen LogP contribution is 2.34. The van der Waals surface area contributed by atoms with Gasteiger partial charge in [0.2, 0.25) is 6.79 Å². The lowest BCUT2D eigenvalue weighted by molar-refractivity contribution is 0.0559. The number of fused-ring (bicyclic) bond motifs is 1. The van der Waals surface area contributed by atoms with E-state index in [1.54, 1.807) is 12.5 Å². The van der Waals surface area contributed by atoms with Gasteiger partial charge in [0.15, 0.2) is 11.9 Å². The first kappa shape index (κ1) is 21.4. The van der Waals surface area contributed by atoms with E-state index in [2.05, 4.69) is 35.5 Å². The van der Waals surface area contributed by atoms with Crippen LogP contribution in [0, 0.1) is 13.8 Å². The largest absolute Gasteiger partial charge is 0.480 e. The second kappa shape index (κ2) is 9.20. The predicted octanol–water partition coefficient (Wildman–Crippen LogP) is 6.19. The van der Waals surface area contributed by atoms with Gasteiger partial charge in [-0.2, -0.15) is 0 Å². The summed E-state index contributed by atoms with van der Waals surface area (Å²) in [6.07, 6.45) is 3.77. The minimum absolute atomic E-state index is 0.205. The SMILES string of the molecule is Cc1c(C)n(Cc2ccccc2Cl)c2c(OC(Cc3ccccc3)C3=COCO3)ccnc12. The Labute approximate surface area is 198 Å². The van der Waals surface area contributed by atoms with E-state index in [4.69, 9.17) is 25.8 Å². The van der Waals surface area contributed by atoms with Gasteiger partial charge in [0.25, 0.3) is 0 Å². The molecular weight excluding hydrogens is 436 g/mol. The zero-order valence-corrected chi connectivity index (χ0v) is 19.4. The van der Waals surface area contributed by atoms with Gasteiger partial charge in [-0.3, -0.25) is 4.98 Å². The maximum absolute atomic E-state index is 6.63. The van der Waals surface area contributed by atoms with Gasteiger partial charge in [0, 0.05) is 35.9 Å². The van der Waals surface area contributed by atoms with E-state index in [0.29, 0.717) is 18.7 Å². The molecule has 0 aliphatic carbocycles. The molecule has 168 valence electrons. The normalized spacial score (nSPS) is 14.0. The van der Waals surface area contributed by atoms with Crippen LogP contribution >= 0.6 is 11.6 Å². The van der Waals surface area contributed by atoms with Crippen LogP contribution < -0.4 is 4.74 Å². The zero-order valence-electron chi connectivity index (χ0n) is 18.6. The predicted molar refractivity (Wildman–Crippen MR) is 129 cm³/mol. The molecule has 6 heteroatoms. The maximum Gasteiger partial charge on any atom is 0.230 e. The number of benzene rings is 2. The summed E-state index contributed by atoms with van der Waals surface area (Å²) >= 11 is 6.49. The average molecular weight is 461 g/mol. The fourth-order valence-electron chi connectivity index (χ4n) is 4.21. The van der Waals surface area contributed by atoms with Gasteiger partial charge in [-0.25, -0.2) is 0 Å². The van der Waals surface area contributed by atoms with Crippen LogP contribution in [0.25, 0.3) is 11.0 Å².